The molecule has 4 aromatic rings. The Bertz CT molecular complexity index is 1330. The molecule has 0 saturated carbocycles. The van der Waals surface area contributed by atoms with Crippen LogP contribution in [0.15, 0.2) is 77.3 Å². The summed E-state index contributed by atoms with van der Waals surface area (Å²) in [5.74, 6) is -0.134. The quantitative estimate of drug-likeness (QED) is 0.407. The molecule has 2 aromatic carbocycles. The zero-order chi connectivity index (χ0) is 25.1. The molecule has 1 amide bonds. The Labute approximate surface area is 210 Å². The number of benzene rings is 2. The largest absolute Gasteiger partial charge is 0.451 e. The summed E-state index contributed by atoms with van der Waals surface area (Å²) in [4.78, 5) is 21.1. The normalized spacial score (nSPS) is 15.8. The van der Waals surface area contributed by atoms with E-state index < -0.39 is 5.60 Å². The Morgan fingerprint density at radius 1 is 1.11 bits per heavy atom. The lowest BCUT2D eigenvalue weighted by Gasteiger charge is -2.38. The fraction of sp³-hybridized carbons (Fsp3) is 0.310. The van der Waals surface area contributed by atoms with Crippen LogP contribution in [0.3, 0.4) is 0 Å². The van der Waals surface area contributed by atoms with Gasteiger partial charge >= 0.3 is 0 Å². The lowest BCUT2D eigenvalue weighted by Crippen LogP contribution is -2.42. The average Bonchev–Trinajstić information content (AvgIpc) is 3.34. The van der Waals surface area contributed by atoms with E-state index in [1.54, 1.807) is 36.3 Å². The van der Waals surface area contributed by atoms with Crippen molar-refractivity contribution in [3.05, 3.63) is 101 Å². The zero-order valence-corrected chi connectivity index (χ0v) is 20.4. The highest BCUT2D eigenvalue weighted by Gasteiger charge is 2.34. The van der Waals surface area contributed by atoms with Gasteiger partial charge in [-0.1, -0.05) is 24.3 Å². The second kappa shape index (κ2) is 10.2. The molecular weight excluding hydrogens is 457 g/mol. The number of halogens is 1. The predicted octanol–water partition coefficient (Wildman–Crippen LogP) is 4.77. The number of fused-ring (bicyclic) bond motifs is 1. The van der Waals surface area contributed by atoms with Gasteiger partial charge in [0.25, 0.3) is 5.91 Å². The molecular formula is C29H30FN3O3. The summed E-state index contributed by atoms with van der Waals surface area (Å²) in [6.45, 7) is 2.74. The van der Waals surface area contributed by atoms with Gasteiger partial charge < -0.3 is 14.4 Å². The molecule has 7 heteroatoms. The Morgan fingerprint density at radius 2 is 1.89 bits per heavy atom. The lowest BCUT2D eigenvalue weighted by atomic mass is 9.84. The number of rotatable bonds is 7. The first-order valence-corrected chi connectivity index (χ1v) is 12.3. The summed E-state index contributed by atoms with van der Waals surface area (Å²) >= 11 is 0. The van der Waals surface area contributed by atoms with Gasteiger partial charge in [0.05, 0.1) is 5.60 Å². The van der Waals surface area contributed by atoms with Gasteiger partial charge in [0.15, 0.2) is 5.76 Å². The Kier molecular flexibility index (Phi) is 6.85. The van der Waals surface area contributed by atoms with Crippen molar-refractivity contribution in [2.24, 2.45) is 0 Å². The van der Waals surface area contributed by atoms with Gasteiger partial charge in [0.1, 0.15) is 11.4 Å². The van der Waals surface area contributed by atoms with Crippen LogP contribution >= 0.6 is 0 Å². The number of carbonyl (C=O) groups is 1. The third-order valence-corrected chi connectivity index (χ3v) is 7.04. The molecule has 1 N–H and O–H groups in total. The van der Waals surface area contributed by atoms with Crippen molar-refractivity contribution < 1.29 is 18.7 Å². The number of furan rings is 1. The predicted molar refractivity (Wildman–Crippen MR) is 136 cm³/mol. The maximum absolute atomic E-state index is 13.2. The van der Waals surface area contributed by atoms with E-state index in [1.807, 2.05) is 36.4 Å². The van der Waals surface area contributed by atoms with Crippen LogP contribution in [0.1, 0.15) is 40.2 Å². The topological polar surface area (TPSA) is 69.8 Å². The van der Waals surface area contributed by atoms with Gasteiger partial charge in [-0.15, -0.1) is 0 Å². The molecule has 36 heavy (non-hydrogen) atoms. The summed E-state index contributed by atoms with van der Waals surface area (Å²) in [7, 11) is 1.76. The third-order valence-electron chi connectivity index (χ3n) is 7.04. The summed E-state index contributed by atoms with van der Waals surface area (Å²) < 4.78 is 19.0. The molecule has 0 spiro atoms. The third kappa shape index (κ3) is 5.32. The Hall–Kier alpha value is -3.55. The van der Waals surface area contributed by atoms with Crippen molar-refractivity contribution in [2.75, 3.05) is 26.7 Å². The van der Waals surface area contributed by atoms with Crippen LogP contribution in [-0.2, 0) is 18.6 Å². The number of likely N-dealkylation sites (N-methyl/N-ethyl adjacent to an activating group) is 1. The molecule has 3 heterocycles. The Balaban J connectivity index is 1.23. The molecule has 0 radical (unpaired) electrons. The van der Waals surface area contributed by atoms with E-state index >= 15 is 0 Å². The SMILES string of the molecule is CN(CCc1ccccn1)C(=O)c1cc2cc(C3(O)CCN(Cc4ccc(F)cc4)CC3)ccc2o1. The van der Waals surface area contributed by atoms with E-state index in [2.05, 4.69) is 9.88 Å². The molecule has 1 aliphatic heterocycles. The standard InChI is InChI=1S/C29H30FN3O3/c1-32(15-11-25-4-2-3-14-31-25)28(34)27-19-22-18-23(7-10-26(22)36-27)29(35)12-16-33(17-13-29)20-21-5-8-24(30)9-6-21/h2-10,14,18-19,35H,11-13,15-17,20H2,1H3. The van der Waals surface area contributed by atoms with Gasteiger partial charge in [-0.05, 0) is 66.4 Å². The molecule has 1 aliphatic rings. The van der Waals surface area contributed by atoms with Crippen LogP contribution in [0.2, 0.25) is 0 Å². The van der Waals surface area contributed by atoms with E-state index in [0.717, 1.165) is 41.8 Å². The highest BCUT2D eigenvalue weighted by Crippen LogP contribution is 2.35. The number of aliphatic hydroxyl groups is 1. The number of hydrogen-bond donors (Lipinski definition) is 1. The Morgan fingerprint density at radius 3 is 2.61 bits per heavy atom. The minimum atomic E-state index is -0.936. The first-order chi connectivity index (χ1) is 17.4. The minimum absolute atomic E-state index is 0.184. The molecule has 6 nitrogen and oxygen atoms in total. The minimum Gasteiger partial charge on any atom is -0.451 e. The molecule has 1 saturated heterocycles. The van der Waals surface area contributed by atoms with E-state index in [-0.39, 0.29) is 17.5 Å². The van der Waals surface area contributed by atoms with Crippen LogP contribution in [0.25, 0.3) is 11.0 Å². The number of amides is 1. The van der Waals surface area contributed by atoms with Crippen LogP contribution in [0, 0.1) is 5.82 Å². The maximum Gasteiger partial charge on any atom is 0.289 e. The molecule has 0 unspecified atom stereocenters. The van der Waals surface area contributed by atoms with E-state index in [0.29, 0.717) is 31.4 Å². The summed E-state index contributed by atoms with van der Waals surface area (Å²) in [6.07, 6.45) is 3.61. The van der Waals surface area contributed by atoms with Crippen LogP contribution in [0.5, 0.6) is 0 Å². The number of likely N-dealkylation sites (tertiary alicyclic amines) is 1. The van der Waals surface area contributed by atoms with Gasteiger partial charge in [-0.25, -0.2) is 4.39 Å². The number of piperidine rings is 1. The zero-order valence-electron chi connectivity index (χ0n) is 20.4. The van der Waals surface area contributed by atoms with E-state index in [4.69, 9.17) is 4.42 Å². The van der Waals surface area contributed by atoms with Gasteiger partial charge in [0, 0.05) is 56.9 Å². The monoisotopic (exact) mass is 487 g/mol. The first-order valence-electron chi connectivity index (χ1n) is 12.3. The fourth-order valence-electron chi connectivity index (χ4n) is 4.77. The van der Waals surface area contributed by atoms with Gasteiger partial charge in [-0.2, -0.15) is 0 Å². The lowest BCUT2D eigenvalue weighted by molar-refractivity contribution is -0.0276. The first kappa shape index (κ1) is 24.2. The number of pyridine rings is 1. The van der Waals surface area contributed by atoms with Crippen LogP contribution in [-0.4, -0.2) is 52.5 Å². The molecule has 2 aromatic heterocycles. The number of carbonyl (C=O) groups excluding carboxylic acids is 1. The highest BCUT2D eigenvalue weighted by atomic mass is 19.1. The van der Waals surface area contributed by atoms with E-state index in [9.17, 15) is 14.3 Å². The number of hydrogen-bond acceptors (Lipinski definition) is 5. The van der Waals surface area contributed by atoms with Crippen molar-refractivity contribution in [1.29, 1.82) is 0 Å². The van der Waals surface area contributed by atoms with Crippen LogP contribution in [0.4, 0.5) is 4.39 Å². The summed E-state index contributed by atoms with van der Waals surface area (Å²) in [6, 6.07) is 19.7. The van der Waals surface area contributed by atoms with Gasteiger partial charge in [-0.3, -0.25) is 14.7 Å². The molecule has 186 valence electrons. The van der Waals surface area contributed by atoms with Crippen molar-refractivity contribution in [3.63, 3.8) is 0 Å². The summed E-state index contributed by atoms with van der Waals surface area (Å²) in [5.41, 5.74) is 2.51. The van der Waals surface area contributed by atoms with E-state index in [1.165, 1.54) is 12.1 Å². The number of aromatic nitrogens is 1. The van der Waals surface area contributed by atoms with Crippen molar-refractivity contribution in [3.8, 4) is 0 Å². The number of nitrogens with zero attached hydrogens (tertiary/aromatic N) is 3. The molecule has 0 bridgehead atoms. The highest BCUT2D eigenvalue weighted by molar-refractivity contribution is 5.96. The molecule has 0 atom stereocenters. The van der Waals surface area contributed by atoms with Crippen molar-refractivity contribution in [2.45, 2.75) is 31.4 Å². The molecule has 1 fully saturated rings. The van der Waals surface area contributed by atoms with Gasteiger partial charge in [0.2, 0.25) is 0 Å². The van der Waals surface area contributed by atoms with Crippen molar-refractivity contribution >= 4 is 16.9 Å². The summed E-state index contributed by atoms with van der Waals surface area (Å²) in [5, 5.41) is 12.2. The molecule has 0 aliphatic carbocycles. The second-order valence-corrected chi connectivity index (χ2v) is 9.60. The average molecular weight is 488 g/mol. The van der Waals surface area contributed by atoms with Crippen molar-refractivity contribution in [1.82, 2.24) is 14.8 Å². The second-order valence-electron chi connectivity index (χ2n) is 9.60. The maximum atomic E-state index is 13.2. The smallest absolute Gasteiger partial charge is 0.289 e. The molecule has 5 rings (SSSR count). The fourth-order valence-corrected chi connectivity index (χ4v) is 4.77. The van der Waals surface area contributed by atoms with Crippen LogP contribution < -0.4 is 0 Å².